The molecular weight excluding hydrogens is 502 g/mol. The molecule has 2 heterocycles. The van der Waals surface area contributed by atoms with Crippen LogP contribution in [0.3, 0.4) is 0 Å². The van der Waals surface area contributed by atoms with Gasteiger partial charge >= 0.3 is 5.97 Å². The van der Waals surface area contributed by atoms with Gasteiger partial charge < -0.3 is 19.5 Å². The van der Waals surface area contributed by atoms with Crippen LogP contribution in [0.15, 0.2) is 0 Å². The molecule has 2 aliphatic heterocycles. The van der Waals surface area contributed by atoms with Crippen molar-refractivity contribution in [3.63, 3.8) is 0 Å². The molecule has 12 atom stereocenters. The first kappa shape index (κ1) is 29.0. The van der Waals surface area contributed by atoms with Crippen molar-refractivity contribution in [1.82, 2.24) is 5.32 Å². The van der Waals surface area contributed by atoms with Crippen LogP contribution in [0, 0.1) is 52.3 Å². The summed E-state index contributed by atoms with van der Waals surface area (Å²) in [4.78, 5) is 24.8. The number of carbonyl (C=O) groups excluding carboxylic acids is 2. The summed E-state index contributed by atoms with van der Waals surface area (Å²) in [6.07, 6.45) is 12.1. The maximum absolute atomic E-state index is 12.7. The summed E-state index contributed by atoms with van der Waals surface area (Å²) >= 11 is 0. The van der Waals surface area contributed by atoms with Crippen LogP contribution < -0.4 is 5.32 Å². The number of esters is 1. The van der Waals surface area contributed by atoms with E-state index in [1.165, 1.54) is 44.9 Å². The van der Waals surface area contributed by atoms with Gasteiger partial charge in [-0.1, -0.05) is 27.7 Å². The minimum Gasteiger partial charge on any atom is -0.460 e. The predicted molar refractivity (Wildman–Crippen MR) is 154 cm³/mol. The Balaban J connectivity index is 1.09. The minimum atomic E-state index is -0.565. The highest BCUT2D eigenvalue weighted by molar-refractivity contribution is 5.94. The molecule has 6 nitrogen and oxygen atoms in total. The van der Waals surface area contributed by atoms with Crippen molar-refractivity contribution in [2.75, 3.05) is 6.61 Å². The maximum atomic E-state index is 12.7. The van der Waals surface area contributed by atoms with Crippen molar-refractivity contribution in [2.24, 2.45) is 52.3 Å². The minimum absolute atomic E-state index is 0.174. The molecule has 1 spiro atoms. The van der Waals surface area contributed by atoms with Crippen molar-refractivity contribution in [3.05, 3.63) is 0 Å². The summed E-state index contributed by atoms with van der Waals surface area (Å²) < 4.78 is 18.8. The van der Waals surface area contributed by atoms with Crippen LogP contribution in [0.1, 0.15) is 119 Å². The standard InChI is InChI=1S/C34H55NO5/c1-20-10-15-34(38-19-20)21(2)30-27(39-34)17-26-24-9-8-22-16-23(35-28(36)18-29(37)40-31(3,4)5)11-13-32(22,6)25(24)12-14-33(26,30)7/h20-27,30H,8-19H2,1-7H3,(H,35,36)/t20-,21-,22+,23-,24+,25?,26-,27-,30-,32-,33-,34+/m0/s1. The molecule has 226 valence electrons. The molecule has 6 heteroatoms. The summed E-state index contributed by atoms with van der Waals surface area (Å²) in [6.45, 7) is 16.3. The number of amides is 1. The van der Waals surface area contributed by atoms with Crippen molar-refractivity contribution < 1.29 is 23.8 Å². The Morgan fingerprint density at radius 1 is 0.925 bits per heavy atom. The van der Waals surface area contributed by atoms with E-state index in [1.54, 1.807) is 0 Å². The fourth-order valence-corrected chi connectivity index (χ4v) is 11.2. The zero-order chi connectivity index (χ0) is 28.7. The van der Waals surface area contributed by atoms with Gasteiger partial charge in [0, 0.05) is 18.4 Å². The molecule has 6 fully saturated rings. The van der Waals surface area contributed by atoms with E-state index >= 15 is 0 Å². The highest BCUT2D eigenvalue weighted by Gasteiger charge is 2.69. The molecule has 1 N–H and O–H groups in total. The third-order valence-electron chi connectivity index (χ3n) is 13.0. The smallest absolute Gasteiger partial charge is 0.315 e. The SMILES string of the molecule is C[C@H]1CC[C@@]2(OC1)O[C@H]1C[C@H]3[C@@H]4CC[C@@H]5C[C@@H](NC(=O)CC(=O)OC(C)(C)C)CC[C@]5(C)C4CC[C@]3(C)[C@H]1[C@@H]2C. The van der Waals surface area contributed by atoms with E-state index in [0.29, 0.717) is 40.6 Å². The molecule has 0 aromatic carbocycles. The summed E-state index contributed by atoms with van der Waals surface area (Å²) in [5.74, 6) is 3.76. The Morgan fingerprint density at radius 3 is 2.38 bits per heavy atom. The topological polar surface area (TPSA) is 73.9 Å². The molecule has 2 saturated heterocycles. The van der Waals surface area contributed by atoms with E-state index in [1.807, 2.05) is 20.8 Å². The summed E-state index contributed by atoms with van der Waals surface area (Å²) in [5.41, 5.74) is 0.145. The summed E-state index contributed by atoms with van der Waals surface area (Å²) in [7, 11) is 0. The van der Waals surface area contributed by atoms with Crippen LogP contribution >= 0.6 is 0 Å². The van der Waals surface area contributed by atoms with Crippen LogP contribution in [-0.2, 0) is 23.8 Å². The summed E-state index contributed by atoms with van der Waals surface area (Å²) in [6, 6.07) is 0.174. The molecule has 0 radical (unpaired) electrons. The molecule has 0 aromatic rings. The van der Waals surface area contributed by atoms with Crippen LogP contribution in [0.25, 0.3) is 0 Å². The van der Waals surface area contributed by atoms with Crippen molar-refractivity contribution >= 4 is 11.9 Å². The van der Waals surface area contributed by atoms with Gasteiger partial charge in [0.1, 0.15) is 12.0 Å². The van der Waals surface area contributed by atoms with Crippen LogP contribution in [0.5, 0.6) is 0 Å². The van der Waals surface area contributed by atoms with Gasteiger partial charge in [-0.25, -0.2) is 0 Å². The first-order chi connectivity index (χ1) is 18.7. The Hall–Kier alpha value is -1.14. The Morgan fingerprint density at radius 2 is 1.68 bits per heavy atom. The number of rotatable bonds is 3. The van der Waals surface area contributed by atoms with E-state index in [-0.39, 0.29) is 24.2 Å². The average molecular weight is 558 g/mol. The quantitative estimate of drug-likeness (QED) is 0.311. The number of fused-ring (bicyclic) bond motifs is 7. The van der Waals surface area contributed by atoms with Gasteiger partial charge in [-0.15, -0.1) is 0 Å². The predicted octanol–water partition coefficient (Wildman–Crippen LogP) is 6.65. The van der Waals surface area contributed by atoms with E-state index in [9.17, 15) is 9.59 Å². The van der Waals surface area contributed by atoms with Gasteiger partial charge in [0.25, 0.3) is 0 Å². The lowest BCUT2D eigenvalue weighted by Crippen LogP contribution is -2.56. The van der Waals surface area contributed by atoms with Crippen LogP contribution in [0.4, 0.5) is 0 Å². The normalized spacial score (nSPS) is 49.9. The average Bonchev–Trinajstić information content (AvgIpc) is 3.30. The van der Waals surface area contributed by atoms with Crippen molar-refractivity contribution in [1.29, 1.82) is 0 Å². The Bertz CT molecular complexity index is 997. The number of nitrogens with one attached hydrogen (secondary N) is 1. The molecule has 6 aliphatic rings. The van der Waals surface area contributed by atoms with Crippen molar-refractivity contribution in [2.45, 2.75) is 143 Å². The number of carbonyl (C=O) groups is 2. The first-order valence-electron chi connectivity index (χ1n) is 16.6. The second kappa shape index (κ2) is 9.96. The van der Waals surface area contributed by atoms with Gasteiger partial charge in [0.2, 0.25) is 5.91 Å². The van der Waals surface area contributed by atoms with Gasteiger partial charge in [0.15, 0.2) is 5.79 Å². The first-order valence-corrected chi connectivity index (χ1v) is 16.6. The Labute approximate surface area is 242 Å². The fourth-order valence-electron chi connectivity index (χ4n) is 11.2. The fraction of sp³-hybridized carbons (Fsp3) is 0.941. The van der Waals surface area contributed by atoms with Gasteiger partial charge in [-0.05, 0) is 125 Å². The van der Waals surface area contributed by atoms with E-state index < -0.39 is 11.6 Å². The van der Waals surface area contributed by atoms with Crippen molar-refractivity contribution in [3.8, 4) is 0 Å². The largest absolute Gasteiger partial charge is 0.460 e. The lowest BCUT2D eigenvalue weighted by molar-refractivity contribution is -0.273. The molecule has 1 unspecified atom stereocenters. The molecule has 4 aliphatic carbocycles. The monoisotopic (exact) mass is 557 g/mol. The maximum Gasteiger partial charge on any atom is 0.315 e. The molecule has 0 bridgehead atoms. The van der Waals surface area contributed by atoms with E-state index in [0.717, 1.165) is 43.6 Å². The third kappa shape index (κ3) is 4.75. The molecule has 1 amide bonds. The second-order valence-corrected chi connectivity index (χ2v) is 16.5. The highest BCUT2D eigenvalue weighted by Crippen LogP contribution is 2.71. The van der Waals surface area contributed by atoms with Gasteiger partial charge in [-0.2, -0.15) is 0 Å². The van der Waals surface area contributed by atoms with E-state index in [2.05, 4.69) is 33.0 Å². The number of ether oxygens (including phenoxy) is 3. The van der Waals surface area contributed by atoms with Gasteiger partial charge in [-0.3, -0.25) is 9.59 Å². The third-order valence-corrected chi connectivity index (χ3v) is 13.0. The molecule has 0 aromatic heterocycles. The number of hydrogen-bond acceptors (Lipinski definition) is 5. The van der Waals surface area contributed by atoms with Crippen LogP contribution in [0.2, 0.25) is 0 Å². The molecule has 40 heavy (non-hydrogen) atoms. The second-order valence-electron chi connectivity index (χ2n) is 16.5. The molecule has 4 saturated carbocycles. The zero-order valence-electron chi connectivity index (χ0n) is 26.2. The Kier molecular flexibility index (Phi) is 7.21. The molecular formula is C34H55NO5. The summed E-state index contributed by atoms with van der Waals surface area (Å²) in [5, 5.41) is 3.20. The van der Waals surface area contributed by atoms with E-state index in [4.69, 9.17) is 14.2 Å². The van der Waals surface area contributed by atoms with Gasteiger partial charge in [0.05, 0.1) is 12.7 Å². The molecule has 6 rings (SSSR count). The van der Waals surface area contributed by atoms with Crippen LogP contribution in [-0.4, -0.2) is 42.0 Å². The number of hydrogen-bond donors (Lipinski definition) is 1. The highest BCUT2D eigenvalue weighted by atomic mass is 16.7. The lowest BCUT2D eigenvalue weighted by Gasteiger charge is -2.61. The lowest BCUT2D eigenvalue weighted by atomic mass is 9.44. The zero-order valence-corrected chi connectivity index (χ0v) is 26.2.